The number of rotatable bonds is 8. The van der Waals surface area contributed by atoms with Crippen LogP contribution in [0, 0.1) is 0 Å². The van der Waals surface area contributed by atoms with Crippen LogP contribution in [0.5, 0.6) is 0 Å². The Balaban J connectivity index is 1.77. The molecule has 0 radical (unpaired) electrons. The highest BCUT2D eigenvalue weighted by atomic mass is 16.5. The van der Waals surface area contributed by atoms with E-state index in [-0.39, 0.29) is 5.91 Å². The second kappa shape index (κ2) is 7.68. The lowest BCUT2D eigenvalue weighted by atomic mass is 10.2. The number of allylic oxidation sites excluding steroid dienone is 1. The summed E-state index contributed by atoms with van der Waals surface area (Å²) in [5.41, 5.74) is 0. The fourth-order valence-corrected chi connectivity index (χ4v) is 3.16. The normalized spacial score (nSPS) is 25.8. The van der Waals surface area contributed by atoms with Crippen LogP contribution in [0.3, 0.4) is 0 Å². The summed E-state index contributed by atoms with van der Waals surface area (Å²) in [5.74, 6) is -0.241. The van der Waals surface area contributed by atoms with Gasteiger partial charge in [-0.15, -0.1) is 0 Å². The van der Waals surface area contributed by atoms with Gasteiger partial charge in [-0.2, -0.15) is 0 Å². The number of carbonyl (C=O) groups is 2. The molecule has 118 valence electrons. The first-order valence-electron chi connectivity index (χ1n) is 7.64. The maximum absolute atomic E-state index is 11.7. The van der Waals surface area contributed by atoms with Gasteiger partial charge in [-0.1, -0.05) is 6.08 Å². The van der Waals surface area contributed by atoms with Gasteiger partial charge in [0.25, 0.3) is 5.91 Å². The summed E-state index contributed by atoms with van der Waals surface area (Å²) in [7, 11) is 0. The van der Waals surface area contributed by atoms with E-state index in [0.717, 1.165) is 32.7 Å². The van der Waals surface area contributed by atoms with Crippen LogP contribution in [0.1, 0.15) is 20.3 Å². The average molecular weight is 295 g/mol. The van der Waals surface area contributed by atoms with Crippen molar-refractivity contribution in [1.82, 2.24) is 14.7 Å². The standard InChI is InChI=1S/C15H25N3O3/c1-3-5-15(20)17(11-19)7-6-16-9-14-8-13(16)10-18(14)12-21-4-2/h3,5,11,13-14H,4,6-10,12H2,1-2H3/b5-3-. The number of piperazine rings is 1. The molecule has 2 aliphatic heterocycles. The fourth-order valence-electron chi connectivity index (χ4n) is 3.16. The highest BCUT2D eigenvalue weighted by Crippen LogP contribution is 2.30. The second-order valence-electron chi connectivity index (χ2n) is 5.57. The largest absolute Gasteiger partial charge is 0.366 e. The molecule has 0 aromatic carbocycles. The van der Waals surface area contributed by atoms with Crippen molar-refractivity contribution in [3.63, 3.8) is 0 Å². The molecule has 0 saturated carbocycles. The number of ether oxygens (including phenoxy) is 1. The van der Waals surface area contributed by atoms with E-state index in [2.05, 4.69) is 9.80 Å². The number of nitrogens with zero attached hydrogens (tertiary/aromatic N) is 3. The molecule has 0 aliphatic carbocycles. The van der Waals surface area contributed by atoms with Gasteiger partial charge < -0.3 is 4.74 Å². The number of hydrogen-bond acceptors (Lipinski definition) is 5. The third-order valence-electron chi connectivity index (χ3n) is 4.28. The predicted octanol–water partition coefficient (Wildman–Crippen LogP) is 0.300. The van der Waals surface area contributed by atoms with Crippen molar-refractivity contribution in [1.29, 1.82) is 0 Å². The first kappa shape index (κ1) is 16.1. The molecule has 6 heteroatoms. The van der Waals surface area contributed by atoms with E-state index in [1.54, 1.807) is 13.0 Å². The minimum atomic E-state index is -0.241. The summed E-state index contributed by atoms with van der Waals surface area (Å²) in [4.78, 5) is 28.7. The molecular weight excluding hydrogens is 270 g/mol. The highest BCUT2D eigenvalue weighted by molar-refractivity contribution is 5.94. The van der Waals surface area contributed by atoms with Crippen LogP contribution in [-0.4, -0.2) is 78.6 Å². The van der Waals surface area contributed by atoms with Crippen LogP contribution in [0.4, 0.5) is 0 Å². The molecule has 0 spiro atoms. The van der Waals surface area contributed by atoms with Gasteiger partial charge in [0, 0.05) is 44.9 Å². The Labute approximate surface area is 126 Å². The Morgan fingerprint density at radius 3 is 2.62 bits per heavy atom. The average Bonchev–Trinajstić information content (AvgIpc) is 3.05. The van der Waals surface area contributed by atoms with E-state index in [0.29, 0.717) is 31.8 Å². The van der Waals surface area contributed by atoms with Gasteiger partial charge in [0.15, 0.2) is 0 Å². The smallest absolute Gasteiger partial charge is 0.252 e. The maximum atomic E-state index is 11.7. The molecule has 2 fully saturated rings. The minimum absolute atomic E-state index is 0.241. The van der Waals surface area contributed by atoms with E-state index in [1.165, 1.54) is 11.0 Å². The SMILES string of the molecule is C/C=C\C(=O)N(C=O)CCN1CC2CC1CN2COCC. The van der Waals surface area contributed by atoms with Gasteiger partial charge >= 0.3 is 0 Å². The molecular formula is C15H25N3O3. The van der Waals surface area contributed by atoms with Crippen LogP contribution >= 0.6 is 0 Å². The molecule has 2 atom stereocenters. The molecule has 0 N–H and O–H groups in total. The Bertz CT molecular complexity index is 400. The first-order valence-corrected chi connectivity index (χ1v) is 7.64. The van der Waals surface area contributed by atoms with Crippen molar-refractivity contribution in [3.8, 4) is 0 Å². The number of likely N-dealkylation sites (tertiary alicyclic amines) is 2. The Kier molecular flexibility index (Phi) is 5.90. The van der Waals surface area contributed by atoms with Crippen LogP contribution in [0.15, 0.2) is 12.2 Å². The molecule has 2 unspecified atom stereocenters. The first-order chi connectivity index (χ1) is 10.2. The van der Waals surface area contributed by atoms with Gasteiger partial charge in [0.2, 0.25) is 6.41 Å². The van der Waals surface area contributed by atoms with Gasteiger partial charge in [0.05, 0.1) is 6.73 Å². The number of hydrogen-bond donors (Lipinski definition) is 0. The summed E-state index contributed by atoms with van der Waals surface area (Å²) in [6.45, 7) is 8.48. The van der Waals surface area contributed by atoms with Crippen molar-refractivity contribution in [2.75, 3.05) is 39.5 Å². The van der Waals surface area contributed by atoms with Crippen molar-refractivity contribution in [2.45, 2.75) is 32.4 Å². The fraction of sp³-hybridized carbons (Fsp3) is 0.733. The van der Waals surface area contributed by atoms with Crippen molar-refractivity contribution in [2.24, 2.45) is 0 Å². The summed E-state index contributed by atoms with van der Waals surface area (Å²) in [6, 6.07) is 1.08. The van der Waals surface area contributed by atoms with Crippen LogP contribution in [0.25, 0.3) is 0 Å². The summed E-state index contributed by atoms with van der Waals surface area (Å²) in [5, 5.41) is 0. The van der Waals surface area contributed by atoms with Crippen molar-refractivity contribution < 1.29 is 14.3 Å². The van der Waals surface area contributed by atoms with E-state index < -0.39 is 0 Å². The van der Waals surface area contributed by atoms with Gasteiger partial charge in [0.1, 0.15) is 0 Å². The molecule has 2 amide bonds. The summed E-state index contributed by atoms with van der Waals surface area (Å²) in [6.07, 6.45) is 4.87. The van der Waals surface area contributed by atoms with Crippen molar-refractivity contribution in [3.05, 3.63) is 12.2 Å². The lowest BCUT2D eigenvalue weighted by Gasteiger charge is -2.34. The number of imide groups is 1. The van der Waals surface area contributed by atoms with E-state index in [4.69, 9.17) is 4.74 Å². The monoisotopic (exact) mass is 295 g/mol. The Morgan fingerprint density at radius 1 is 1.33 bits per heavy atom. The number of carbonyl (C=O) groups excluding carboxylic acids is 2. The van der Waals surface area contributed by atoms with Crippen LogP contribution < -0.4 is 0 Å². The van der Waals surface area contributed by atoms with E-state index >= 15 is 0 Å². The van der Waals surface area contributed by atoms with E-state index in [9.17, 15) is 9.59 Å². The molecule has 0 aromatic rings. The molecule has 21 heavy (non-hydrogen) atoms. The molecule has 2 aliphatic rings. The second-order valence-corrected chi connectivity index (χ2v) is 5.57. The lowest BCUT2D eigenvalue weighted by molar-refractivity contribution is -0.134. The minimum Gasteiger partial charge on any atom is -0.366 e. The van der Waals surface area contributed by atoms with Gasteiger partial charge in [-0.05, 0) is 26.3 Å². The summed E-state index contributed by atoms with van der Waals surface area (Å²) < 4.78 is 5.48. The predicted molar refractivity (Wildman–Crippen MR) is 79.6 cm³/mol. The zero-order valence-corrected chi connectivity index (χ0v) is 12.9. The highest BCUT2D eigenvalue weighted by Gasteiger charge is 2.42. The van der Waals surface area contributed by atoms with Crippen LogP contribution in [-0.2, 0) is 14.3 Å². The topological polar surface area (TPSA) is 53.1 Å². The third kappa shape index (κ3) is 3.90. The van der Waals surface area contributed by atoms with Crippen LogP contribution in [0.2, 0.25) is 0 Å². The third-order valence-corrected chi connectivity index (χ3v) is 4.28. The van der Waals surface area contributed by atoms with Crippen molar-refractivity contribution >= 4 is 12.3 Å². The van der Waals surface area contributed by atoms with E-state index in [1.807, 2.05) is 6.92 Å². The Hall–Kier alpha value is -1.24. The molecule has 2 heterocycles. The summed E-state index contributed by atoms with van der Waals surface area (Å²) >= 11 is 0. The number of amides is 2. The molecule has 2 bridgehead atoms. The Morgan fingerprint density at radius 2 is 2.05 bits per heavy atom. The maximum Gasteiger partial charge on any atom is 0.252 e. The lowest BCUT2D eigenvalue weighted by Crippen LogP contribution is -2.49. The molecule has 2 rings (SSSR count). The molecule has 0 aromatic heterocycles. The van der Waals surface area contributed by atoms with Gasteiger partial charge in [-0.25, -0.2) is 0 Å². The number of fused-ring (bicyclic) bond motifs is 2. The molecule has 6 nitrogen and oxygen atoms in total. The quantitative estimate of drug-likeness (QED) is 0.476. The zero-order chi connectivity index (χ0) is 15.2. The van der Waals surface area contributed by atoms with Gasteiger partial charge in [-0.3, -0.25) is 24.3 Å². The zero-order valence-electron chi connectivity index (χ0n) is 12.9. The molecule has 2 saturated heterocycles.